The van der Waals surface area contributed by atoms with Gasteiger partial charge >= 0.3 is 0 Å². The molecular formula is C19H15IS. The summed E-state index contributed by atoms with van der Waals surface area (Å²) < 4.78 is 4.22. The molecule has 4 rings (SSSR count). The van der Waals surface area contributed by atoms with Crippen LogP contribution in [0.15, 0.2) is 60.7 Å². The SMILES string of the molecule is CC1C=CC=CC1c1cccc2c1sc1c(I)cccc12. The second-order valence-electron chi connectivity index (χ2n) is 5.60. The number of hydrogen-bond acceptors (Lipinski definition) is 1. The highest BCUT2D eigenvalue weighted by Crippen LogP contribution is 2.42. The van der Waals surface area contributed by atoms with E-state index in [9.17, 15) is 0 Å². The average Bonchev–Trinajstić information content (AvgIpc) is 2.88. The highest BCUT2D eigenvalue weighted by atomic mass is 127. The molecule has 2 aromatic carbocycles. The minimum absolute atomic E-state index is 0.490. The van der Waals surface area contributed by atoms with Gasteiger partial charge in [0.15, 0.2) is 0 Å². The monoisotopic (exact) mass is 402 g/mol. The fourth-order valence-electron chi connectivity index (χ4n) is 3.18. The summed E-state index contributed by atoms with van der Waals surface area (Å²) in [6.07, 6.45) is 8.99. The largest absolute Gasteiger partial charge is 0.134 e. The van der Waals surface area contributed by atoms with Gasteiger partial charge in [0.2, 0.25) is 0 Å². The first-order valence-electron chi connectivity index (χ1n) is 7.20. The topological polar surface area (TPSA) is 0 Å². The molecule has 1 aliphatic rings. The summed E-state index contributed by atoms with van der Waals surface area (Å²) in [7, 11) is 0. The number of hydrogen-bond donors (Lipinski definition) is 0. The zero-order valence-corrected chi connectivity index (χ0v) is 14.7. The lowest BCUT2D eigenvalue weighted by atomic mass is 9.84. The molecule has 3 aromatic rings. The predicted octanol–water partition coefficient (Wildman–Crippen LogP) is 6.50. The summed E-state index contributed by atoms with van der Waals surface area (Å²) in [5.41, 5.74) is 1.47. The quantitative estimate of drug-likeness (QED) is 0.408. The van der Waals surface area contributed by atoms with Crippen molar-refractivity contribution in [2.75, 3.05) is 0 Å². The molecule has 0 spiro atoms. The Kier molecular flexibility index (Phi) is 3.38. The first-order chi connectivity index (χ1) is 10.3. The van der Waals surface area contributed by atoms with Crippen molar-refractivity contribution in [2.45, 2.75) is 12.8 Å². The van der Waals surface area contributed by atoms with Gasteiger partial charge in [-0.3, -0.25) is 0 Å². The fourth-order valence-corrected chi connectivity index (χ4v) is 5.27. The Morgan fingerprint density at radius 2 is 1.62 bits per heavy atom. The molecule has 0 nitrogen and oxygen atoms in total. The molecular weight excluding hydrogens is 387 g/mol. The molecule has 0 fully saturated rings. The Labute approximate surface area is 142 Å². The van der Waals surface area contributed by atoms with E-state index >= 15 is 0 Å². The first-order valence-corrected chi connectivity index (χ1v) is 9.10. The molecule has 1 aromatic heterocycles. The van der Waals surface area contributed by atoms with E-state index in [0.717, 1.165) is 0 Å². The van der Waals surface area contributed by atoms with Crippen LogP contribution in [-0.4, -0.2) is 0 Å². The predicted molar refractivity (Wildman–Crippen MR) is 102 cm³/mol. The summed E-state index contributed by atoms with van der Waals surface area (Å²) in [5, 5.41) is 2.80. The maximum absolute atomic E-state index is 2.45. The molecule has 21 heavy (non-hydrogen) atoms. The van der Waals surface area contributed by atoms with Crippen LogP contribution >= 0.6 is 33.9 Å². The third-order valence-corrected chi connectivity index (χ3v) is 6.85. The van der Waals surface area contributed by atoms with Crippen LogP contribution in [0.1, 0.15) is 18.4 Å². The Balaban J connectivity index is 2.02. The van der Waals surface area contributed by atoms with Gasteiger partial charge in [0.05, 0.1) is 0 Å². The Morgan fingerprint density at radius 3 is 2.43 bits per heavy atom. The number of allylic oxidation sites excluding steroid dienone is 4. The summed E-state index contributed by atoms with van der Waals surface area (Å²) >= 11 is 4.39. The third-order valence-electron chi connectivity index (χ3n) is 4.28. The van der Waals surface area contributed by atoms with Crippen molar-refractivity contribution >= 4 is 54.1 Å². The molecule has 0 saturated carbocycles. The minimum Gasteiger partial charge on any atom is -0.134 e. The second-order valence-corrected chi connectivity index (χ2v) is 7.78. The van der Waals surface area contributed by atoms with E-state index in [1.54, 1.807) is 0 Å². The van der Waals surface area contributed by atoms with Crippen molar-refractivity contribution in [3.8, 4) is 0 Å². The van der Waals surface area contributed by atoms with Gasteiger partial charge in [-0.1, -0.05) is 61.6 Å². The van der Waals surface area contributed by atoms with E-state index in [1.165, 1.54) is 29.3 Å². The van der Waals surface area contributed by atoms with E-state index < -0.39 is 0 Å². The minimum atomic E-state index is 0.490. The van der Waals surface area contributed by atoms with Gasteiger partial charge in [-0.25, -0.2) is 0 Å². The van der Waals surface area contributed by atoms with Gasteiger partial charge in [-0.2, -0.15) is 0 Å². The van der Waals surface area contributed by atoms with Crippen molar-refractivity contribution < 1.29 is 0 Å². The maximum atomic E-state index is 2.45. The molecule has 1 heterocycles. The van der Waals surface area contributed by atoms with E-state index in [2.05, 4.69) is 90.2 Å². The van der Waals surface area contributed by atoms with Gasteiger partial charge in [-0.05, 0) is 40.1 Å². The Morgan fingerprint density at radius 1 is 0.905 bits per heavy atom. The summed E-state index contributed by atoms with van der Waals surface area (Å²) in [6, 6.07) is 13.4. The van der Waals surface area contributed by atoms with Crippen LogP contribution in [0.4, 0.5) is 0 Å². The molecule has 0 N–H and O–H groups in total. The van der Waals surface area contributed by atoms with Crippen LogP contribution in [0.25, 0.3) is 20.2 Å². The number of fused-ring (bicyclic) bond motifs is 3. The van der Waals surface area contributed by atoms with Crippen LogP contribution in [0.5, 0.6) is 0 Å². The molecule has 0 radical (unpaired) electrons. The van der Waals surface area contributed by atoms with Crippen LogP contribution in [0.2, 0.25) is 0 Å². The molecule has 104 valence electrons. The molecule has 2 unspecified atom stereocenters. The van der Waals surface area contributed by atoms with E-state index in [0.29, 0.717) is 11.8 Å². The molecule has 0 aliphatic heterocycles. The molecule has 2 atom stereocenters. The summed E-state index contributed by atoms with van der Waals surface area (Å²) in [5.74, 6) is 1.05. The van der Waals surface area contributed by atoms with Crippen LogP contribution in [0.3, 0.4) is 0 Å². The van der Waals surface area contributed by atoms with Crippen LogP contribution < -0.4 is 0 Å². The van der Waals surface area contributed by atoms with Crippen molar-refractivity contribution in [1.29, 1.82) is 0 Å². The summed E-state index contributed by atoms with van der Waals surface area (Å²) in [6.45, 7) is 2.31. The molecule has 0 amide bonds. The lowest BCUT2D eigenvalue weighted by molar-refractivity contribution is 0.640. The van der Waals surface area contributed by atoms with E-state index in [1.807, 2.05) is 11.3 Å². The zero-order valence-electron chi connectivity index (χ0n) is 11.7. The van der Waals surface area contributed by atoms with E-state index in [-0.39, 0.29) is 0 Å². The van der Waals surface area contributed by atoms with Gasteiger partial charge in [-0.15, -0.1) is 11.3 Å². The standard InChI is InChI=1S/C19H15IS/c1-12-6-2-3-7-13(12)14-8-4-9-15-16-10-5-11-17(20)19(16)21-18(14)15/h2-13H,1H3. The Hall–Kier alpha value is -1.13. The van der Waals surface area contributed by atoms with Gasteiger partial charge < -0.3 is 0 Å². The number of halogens is 1. The number of benzene rings is 2. The zero-order chi connectivity index (χ0) is 14.4. The molecule has 1 aliphatic carbocycles. The lowest BCUT2D eigenvalue weighted by Gasteiger charge is -2.21. The smallest absolute Gasteiger partial charge is 0.0488 e. The lowest BCUT2D eigenvalue weighted by Crippen LogP contribution is -2.07. The third kappa shape index (κ3) is 2.16. The first kappa shape index (κ1) is 13.5. The van der Waals surface area contributed by atoms with Crippen molar-refractivity contribution in [3.63, 3.8) is 0 Å². The maximum Gasteiger partial charge on any atom is 0.0488 e. The Bertz CT molecular complexity index is 885. The van der Waals surface area contributed by atoms with Crippen LogP contribution in [0, 0.1) is 9.49 Å². The van der Waals surface area contributed by atoms with Crippen molar-refractivity contribution in [1.82, 2.24) is 0 Å². The summed E-state index contributed by atoms with van der Waals surface area (Å²) in [4.78, 5) is 0. The molecule has 0 saturated heterocycles. The fraction of sp³-hybridized carbons (Fsp3) is 0.158. The number of rotatable bonds is 1. The second kappa shape index (κ2) is 5.25. The number of thiophene rings is 1. The van der Waals surface area contributed by atoms with Gasteiger partial charge in [0, 0.05) is 29.7 Å². The van der Waals surface area contributed by atoms with Gasteiger partial charge in [0.25, 0.3) is 0 Å². The highest BCUT2D eigenvalue weighted by Gasteiger charge is 2.20. The van der Waals surface area contributed by atoms with Crippen molar-refractivity contribution in [3.05, 3.63) is 69.8 Å². The highest BCUT2D eigenvalue weighted by molar-refractivity contribution is 14.1. The molecule has 0 bridgehead atoms. The molecule has 2 heteroatoms. The van der Waals surface area contributed by atoms with Crippen LogP contribution in [-0.2, 0) is 0 Å². The van der Waals surface area contributed by atoms with Crippen molar-refractivity contribution in [2.24, 2.45) is 5.92 Å². The average molecular weight is 402 g/mol. The van der Waals surface area contributed by atoms with Gasteiger partial charge in [0.1, 0.15) is 0 Å². The normalized spacial score (nSPS) is 21.4. The van der Waals surface area contributed by atoms with E-state index in [4.69, 9.17) is 0 Å².